The minimum atomic E-state index is -0.858. The summed E-state index contributed by atoms with van der Waals surface area (Å²) in [5.74, 6) is -2.16. The SMILES string of the molecule is C[C@H](CO)N1C(=O)[C@@H]2[C@@H](C(=O)Nc3ccccc3)[C@@H]3SC2(CC3Br)C1C(=O)Nc1ccccc1Cl. The average molecular weight is 579 g/mol. The number of aliphatic hydroxyl groups is 1. The van der Waals surface area contributed by atoms with Gasteiger partial charge in [0.25, 0.3) is 0 Å². The first kappa shape index (κ1) is 24.6. The van der Waals surface area contributed by atoms with Crippen LogP contribution in [0.5, 0.6) is 0 Å². The lowest BCUT2D eigenvalue weighted by Crippen LogP contribution is -2.54. The Balaban J connectivity index is 1.52. The Morgan fingerprint density at radius 1 is 1.17 bits per heavy atom. The first-order chi connectivity index (χ1) is 16.8. The van der Waals surface area contributed by atoms with Gasteiger partial charge in [0.1, 0.15) is 6.04 Å². The highest BCUT2D eigenvalue weighted by Gasteiger charge is 2.76. The van der Waals surface area contributed by atoms with Gasteiger partial charge in [-0.05, 0) is 37.6 Å². The van der Waals surface area contributed by atoms with Crippen molar-refractivity contribution < 1.29 is 19.5 Å². The standard InChI is InChI=1S/C25H25BrClN3O4S/c1-13(12-31)30-21(23(33)29-17-10-6-5-9-16(17)27)25-11-15(26)20(35-25)18(19(25)24(30)34)22(32)28-14-7-3-2-4-8-14/h2-10,13,15,18-21,31H,11-12H2,1H3,(H,28,32)(H,29,33)/t13-,15?,18-,19+,20-,21?,25?/m1/s1. The van der Waals surface area contributed by atoms with Crippen molar-refractivity contribution in [3.05, 3.63) is 59.6 Å². The number of rotatable bonds is 6. The molecule has 1 spiro atoms. The van der Waals surface area contributed by atoms with Gasteiger partial charge in [0.05, 0.1) is 39.9 Å². The van der Waals surface area contributed by atoms with Crippen molar-refractivity contribution in [2.45, 2.75) is 40.3 Å². The molecule has 3 unspecified atom stereocenters. The molecule has 10 heteroatoms. The number of para-hydroxylation sites is 2. The highest BCUT2D eigenvalue weighted by molar-refractivity contribution is 9.09. The molecule has 5 rings (SSSR count). The summed E-state index contributed by atoms with van der Waals surface area (Å²) < 4.78 is -0.802. The van der Waals surface area contributed by atoms with Crippen molar-refractivity contribution in [1.29, 1.82) is 0 Å². The fraction of sp³-hybridized carbons (Fsp3) is 0.400. The molecule has 3 N–H and O–H groups in total. The second-order valence-corrected chi connectivity index (χ2v) is 12.4. The number of alkyl halides is 1. The van der Waals surface area contributed by atoms with Gasteiger partial charge >= 0.3 is 0 Å². The van der Waals surface area contributed by atoms with E-state index < -0.39 is 28.7 Å². The number of carbonyl (C=O) groups excluding carboxylic acids is 3. The molecular weight excluding hydrogens is 554 g/mol. The summed E-state index contributed by atoms with van der Waals surface area (Å²) in [6.07, 6.45) is 0.559. The van der Waals surface area contributed by atoms with E-state index in [0.717, 1.165) is 0 Å². The molecule has 3 aliphatic rings. The third-order valence-corrected chi connectivity index (χ3v) is 10.7. The van der Waals surface area contributed by atoms with Crippen LogP contribution in [-0.2, 0) is 14.4 Å². The number of hydrogen-bond donors (Lipinski definition) is 3. The van der Waals surface area contributed by atoms with Gasteiger partial charge in [0.2, 0.25) is 17.7 Å². The van der Waals surface area contributed by atoms with Crippen LogP contribution in [0.3, 0.4) is 0 Å². The van der Waals surface area contributed by atoms with Crippen LogP contribution in [0.2, 0.25) is 5.02 Å². The van der Waals surface area contributed by atoms with Crippen molar-refractivity contribution in [2.75, 3.05) is 17.2 Å². The number of fused-ring (bicyclic) bond motifs is 1. The zero-order valence-electron chi connectivity index (χ0n) is 18.9. The van der Waals surface area contributed by atoms with Crippen LogP contribution in [0, 0.1) is 11.8 Å². The van der Waals surface area contributed by atoms with Gasteiger partial charge < -0.3 is 20.6 Å². The molecule has 184 valence electrons. The van der Waals surface area contributed by atoms with Crippen LogP contribution in [0.15, 0.2) is 54.6 Å². The van der Waals surface area contributed by atoms with Crippen molar-refractivity contribution >= 4 is 68.4 Å². The summed E-state index contributed by atoms with van der Waals surface area (Å²) in [4.78, 5) is 42.6. The smallest absolute Gasteiger partial charge is 0.248 e. The Kier molecular flexibility index (Phi) is 6.63. The maximum atomic E-state index is 13.9. The number of anilines is 2. The number of amides is 3. The quantitative estimate of drug-likeness (QED) is 0.454. The van der Waals surface area contributed by atoms with Gasteiger partial charge in [0, 0.05) is 15.8 Å². The molecular formula is C25H25BrClN3O4S. The summed E-state index contributed by atoms with van der Waals surface area (Å²) >= 11 is 11.6. The van der Waals surface area contributed by atoms with Gasteiger partial charge in [-0.25, -0.2) is 0 Å². The van der Waals surface area contributed by atoms with E-state index in [1.165, 1.54) is 4.90 Å². The summed E-state index contributed by atoms with van der Waals surface area (Å²) in [5, 5.41) is 16.0. The topological polar surface area (TPSA) is 98.7 Å². The van der Waals surface area contributed by atoms with Crippen LogP contribution in [0.4, 0.5) is 11.4 Å². The first-order valence-electron chi connectivity index (χ1n) is 11.4. The predicted octanol–water partition coefficient (Wildman–Crippen LogP) is 3.76. The zero-order chi connectivity index (χ0) is 24.9. The van der Waals surface area contributed by atoms with Crippen LogP contribution in [-0.4, -0.2) is 61.2 Å². The molecule has 2 bridgehead atoms. The number of benzene rings is 2. The number of nitrogens with zero attached hydrogens (tertiary/aromatic N) is 1. The van der Waals surface area contributed by atoms with Crippen LogP contribution in [0.1, 0.15) is 13.3 Å². The molecule has 2 aromatic rings. The maximum absolute atomic E-state index is 13.9. The van der Waals surface area contributed by atoms with E-state index in [9.17, 15) is 19.5 Å². The number of hydrogen-bond acceptors (Lipinski definition) is 5. The fourth-order valence-electron chi connectivity index (χ4n) is 5.74. The lowest BCUT2D eigenvalue weighted by Gasteiger charge is -2.36. The molecule has 0 radical (unpaired) electrons. The van der Waals surface area contributed by atoms with E-state index in [1.54, 1.807) is 55.1 Å². The number of carbonyl (C=O) groups is 3. The van der Waals surface area contributed by atoms with Gasteiger partial charge in [-0.2, -0.15) is 0 Å². The van der Waals surface area contributed by atoms with E-state index in [4.69, 9.17) is 11.6 Å². The molecule has 0 saturated carbocycles. The number of halogens is 2. The van der Waals surface area contributed by atoms with Gasteiger partial charge in [-0.1, -0.05) is 57.9 Å². The molecule has 3 fully saturated rings. The molecule has 0 aromatic heterocycles. The zero-order valence-corrected chi connectivity index (χ0v) is 22.0. The van der Waals surface area contributed by atoms with Crippen molar-refractivity contribution in [2.24, 2.45) is 11.8 Å². The number of aliphatic hydroxyl groups excluding tert-OH is 1. The molecule has 35 heavy (non-hydrogen) atoms. The maximum Gasteiger partial charge on any atom is 0.248 e. The van der Waals surface area contributed by atoms with Gasteiger partial charge in [-0.3, -0.25) is 14.4 Å². The Morgan fingerprint density at radius 2 is 1.86 bits per heavy atom. The summed E-state index contributed by atoms with van der Waals surface area (Å²) in [6, 6.07) is 14.6. The lowest BCUT2D eigenvalue weighted by atomic mass is 9.70. The summed E-state index contributed by atoms with van der Waals surface area (Å²) in [6.45, 7) is 1.42. The number of thioether (sulfide) groups is 1. The Hall–Kier alpha value is -2.07. The third kappa shape index (κ3) is 3.97. The molecule has 2 aromatic carbocycles. The monoisotopic (exact) mass is 577 g/mol. The molecule has 3 amide bonds. The summed E-state index contributed by atoms with van der Waals surface area (Å²) in [7, 11) is 0. The predicted molar refractivity (Wildman–Crippen MR) is 141 cm³/mol. The number of likely N-dealkylation sites (tertiary alicyclic amines) is 1. The highest BCUT2D eigenvalue weighted by Crippen LogP contribution is 2.68. The Morgan fingerprint density at radius 3 is 2.54 bits per heavy atom. The van der Waals surface area contributed by atoms with Crippen LogP contribution < -0.4 is 10.6 Å². The molecule has 0 aliphatic carbocycles. The Labute approximate surface area is 221 Å². The first-order valence-corrected chi connectivity index (χ1v) is 13.6. The van der Waals surface area contributed by atoms with E-state index in [0.29, 0.717) is 22.8 Å². The van der Waals surface area contributed by atoms with Crippen LogP contribution >= 0.6 is 39.3 Å². The minimum absolute atomic E-state index is 0.0388. The lowest BCUT2D eigenvalue weighted by molar-refractivity contribution is -0.140. The van der Waals surface area contributed by atoms with Crippen LogP contribution in [0.25, 0.3) is 0 Å². The average Bonchev–Trinajstić information content (AvgIpc) is 3.44. The highest BCUT2D eigenvalue weighted by atomic mass is 79.9. The second kappa shape index (κ2) is 9.42. The third-order valence-electron chi connectivity index (χ3n) is 7.19. The van der Waals surface area contributed by atoms with E-state index in [1.807, 2.05) is 18.2 Å². The van der Waals surface area contributed by atoms with Gasteiger partial charge in [-0.15, -0.1) is 11.8 Å². The second-order valence-electron chi connectivity index (χ2n) is 9.27. The van der Waals surface area contributed by atoms with Crippen molar-refractivity contribution in [3.8, 4) is 0 Å². The van der Waals surface area contributed by atoms with E-state index >= 15 is 0 Å². The minimum Gasteiger partial charge on any atom is -0.394 e. The molecule has 3 saturated heterocycles. The van der Waals surface area contributed by atoms with Crippen molar-refractivity contribution in [1.82, 2.24) is 4.90 Å². The van der Waals surface area contributed by atoms with Crippen molar-refractivity contribution in [3.63, 3.8) is 0 Å². The molecule has 7 atom stereocenters. The molecule has 3 heterocycles. The largest absolute Gasteiger partial charge is 0.394 e. The van der Waals surface area contributed by atoms with E-state index in [2.05, 4.69) is 26.6 Å². The normalized spacial score (nSPS) is 31.8. The summed E-state index contributed by atoms with van der Waals surface area (Å²) in [5.41, 5.74) is 1.11. The van der Waals surface area contributed by atoms with E-state index in [-0.39, 0.29) is 34.4 Å². The molecule has 7 nitrogen and oxygen atoms in total. The van der Waals surface area contributed by atoms with Gasteiger partial charge in [0.15, 0.2) is 0 Å². The fourth-order valence-corrected chi connectivity index (χ4v) is 9.52. The molecule has 3 aliphatic heterocycles. The number of nitrogens with one attached hydrogen (secondary N) is 2. The Bertz CT molecular complexity index is 1170.